The van der Waals surface area contributed by atoms with Gasteiger partial charge in [-0.1, -0.05) is 40.3 Å². The Bertz CT molecular complexity index is 646. The maximum Gasteiger partial charge on any atom is 0.147 e. The highest BCUT2D eigenvalue weighted by molar-refractivity contribution is 9.10. The van der Waals surface area contributed by atoms with Crippen LogP contribution in [0.2, 0.25) is 0 Å². The fourth-order valence-corrected chi connectivity index (χ4v) is 2.42. The summed E-state index contributed by atoms with van der Waals surface area (Å²) in [5.74, 6) is -0.364. The molecule has 5 heteroatoms. The second kappa shape index (κ2) is 6.33. The third-order valence-corrected chi connectivity index (χ3v) is 3.70. The first kappa shape index (κ1) is 14.9. The average Bonchev–Trinajstić information content (AvgIpc) is 2.40. The molecule has 2 nitrogen and oxygen atoms in total. The van der Waals surface area contributed by atoms with Gasteiger partial charge in [0.2, 0.25) is 0 Å². The minimum atomic E-state index is -0.364. The van der Waals surface area contributed by atoms with Crippen molar-refractivity contribution in [2.24, 2.45) is 5.73 Å². The van der Waals surface area contributed by atoms with E-state index in [-0.39, 0.29) is 16.8 Å². The van der Waals surface area contributed by atoms with Crippen LogP contribution in [0.5, 0.6) is 0 Å². The first-order valence-electron chi connectivity index (χ1n) is 6.08. The lowest BCUT2D eigenvalue weighted by atomic mass is 10.1. The van der Waals surface area contributed by atoms with E-state index >= 15 is 0 Å². The number of rotatable bonds is 4. The van der Waals surface area contributed by atoms with Crippen LogP contribution in [0, 0.1) is 5.82 Å². The van der Waals surface area contributed by atoms with E-state index in [4.69, 9.17) is 18.0 Å². The topological polar surface area (TPSA) is 38.0 Å². The largest absolute Gasteiger partial charge is 0.389 e. The highest BCUT2D eigenvalue weighted by Crippen LogP contribution is 2.24. The van der Waals surface area contributed by atoms with Gasteiger partial charge in [0.15, 0.2) is 0 Å². The number of benzene rings is 2. The van der Waals surface area contributed by atoms with Gasteiger partial charge >= 0.3 is 0 Å². The van der Waals surface area contributed by atoms with Crippen LogP contribution in [0.25, 0.3) is 0 Å². The van der Waals surface area contributed by atoms with Crippen molar-refractivity contribution in [3.63, 3.8) is 0 Å². The molecule has 0 heterocycles. The van der Waals surface area contributed by atoms with Crippen LogP contribution < -0.4 is 11.1 Å². The Balaban J connectivity index is 2.19. The summed E-state index contributed by atoms with van der Waals surface area (Å²) >= 11 is 8.25. The standard InChI is InChI=1S/C15H14BrFN2S/c1-9(10-3-2-4-12(16)7-10)19-14-6-5-11(15(18)20)8-13(14)17/h2-9,19H,1H3,(H2,18,20). The maximum absolute atomic E-state index is 14.0. The van der Waals surface area contributed by atoms with Crippen molar-refractivity contribution >= 4 is 38.8 Å². The monoisotopic (exact) mass is 352 g/mol. The molecule has 0 saturated carbocycles. The normalized spacial score (nSPS) is 11.9. The molecule has 104 valence electrons. The molecule has 0 aromatic heterocycles. The fourth-order valence-electron chi connectivity index (χ4n) is 1.88. The lowest BCUT2D eigenvalue weighted by Gasteiger charge is -2.17. The smallest absolute Gasteiger partial charge is 0.147 e. The molecule has 2 aromatic rings. The number of nitrogens with two attached hydrogens (primary N) is 1. The van der Waals surface area contributed by atoms with Gasteiger partial charge in [0.25, 0.3) is 0 Å². The third kappa shape index (κ3) is 3.55. The Morgan fingerprint density at radius 3 is 2.65 bits per heavy atom. The van der Waals surface area contributed by atoms with E-state index in [1.807, 2.05) is 31.2 Å². The molecule has 0 aliphatic heterocycles. The zero-order valence-corrected chi connectivity index (χ0v) is 13.3. The van der Waals surface area contributed by atoms with Crippen molar-refractivity contribution in [2.45, 2.75) is 13.0 Å². The number of hydrogen-bond acceptors (Lipinski definition) is 2. The molecule has 0 fully saturated rings. The Hall–Kier alpha value is -1.46. The van der Waals surface area contributed by atoms with E-state index < -0.39 is 0 Å². The van der Waals surface area contributed by atoms with Crippen LogP contribution in [0.1, 0.15) is 24.1 Å². The SMILES string of the molecule is CC(Nc1ccc(C(N)=S)cc1F)c1cccc(Br)c1. The molecule has 1 atom stereocenters. The Morgan fingerprint density at radius 2 is 2.05 bits per heavy atom. The van der Waals surface area contributed by atoms with E-state index in [0.717, 1.165) is 10.0 Å². The van der Waals surface area contributed by atoms with Crippen molar-refractivity contribution < 1.29 is 4.39 Å². The Kier molecular flexibility index (Phi) is 4.73. The van der Waals surface area contributed by atoms with E-state index in [0.29, 0.717) is 11.3 Å². The molecule has 2 rings (SSSR count). The van der Waals surface area contributed by atoms with Gasteiger partial charge in [-0.3, -0.25) is 0 Å². The quantitative estimate of drug-likeness (QED) is 0.801. The zero-order chi connectivity index (χ0) is 14.7. The van der Waals surface area contributed by atoms with Gasteiger partial charge in [-0.05, 0) is 42.8 Å². The summed E-state index contributed by atoms with van der Waals surface area (Å²) < 4.78 is 15.0. The van der Waals surface area contributed by atoms with Gasteiger partial charge in [-0.2, -0.15) is 0 Å². The molecule has 0 aliphatic carbocycles. The highest BCUT2D eigenvalue weighted by Gasteiger charge is 2.10. The summed E-state index contributed by atoms with van der Waals surface area (Å²) in [6.07, 6.45) is 0. The highest BCUT2D eigenvalue weighted by atomic mass is 79.9. The molecule has 0 spiro atoms. The molecule has 0 amide bonds. The van der Waals surface area contributed by atoms with Crippen LogP contribution in [-0.4, -0.2) is 4.99 Å². The number of thiocarbonyl (C=S) groups is 1. The first-order valence-corrected chi connectivity index (χ1v) is 7.29. The summed E-state index contributed by atoms with van der Waals surface area (Å²) in [7, 11) is 0. The van der Waals surface area contributed by atoms with Gasteiger partial charge in [0.1, 0.15) is 10.8 Å². The fraction of sp³-hybridized carbons (Fsp3) is 0.133. The van der Waals surface area contributed by atoms with Crippen molar-refractivity contribution in [1.29, 1.82) is 0 Å². The maximum atomic E-state index is 14.0. The molecule has 0 aliphatic rings. The lowest BCUT2D eigenvalue weighted by Crippen LogP contribution is -2.11. The van der Waals surface area contributed by atoms with E-state index in [1.54, 1.807) is 12.1 Å². The van der Waals surface area contributed by atoms with Gasteiger partial charge in [-0.25, -0.2) is 4.39 Å². The second-order valence-electron chi connectivity index (χ2n) is 4.48. The second-order valence-corrected chi connectivity index (χ2v) is 5.84. The predicted molar refractivity (Wildman–Crippen MR) is 88.5 cm³/mol. The number of halogens is 2. The Labute approximate surface area is 131 Å². The van der Waals surface area contributed by atoms with Crippen molar-refractivity contribution in [2.75, 3.05) is 5.32 Å². The van der Waals surface area contributed by atoms with E-state index in [2.05, 4.69) is 21.2 Å². The summed E-state index contributed by atoms with van der Waals surface area (Å²) in [5, 5.41) is 3.14. The van der Waals surface area contributed by atoms with Crippen LogP contribution in [0.15, 0.2) is 46.9 Å². The van der Waals surface area contributed by atoms with E-state index in [1.165, 1.54) is 6.07 Å². The van der Waals surface area contributed by atoms with Crippen molar-refractivity contribution in [1.82, 2.24) is 0 Å². The summed E-state index contributed by atoms with van der Waals surface area (Å²) in [6.45, 7) is 1.97. The summed E-state index contributed by atoms with van der Waals surface area (Å²) in [5.41, 5.74) is 7.50. The van der Waals surface area contributed by atoms with Gasteiger partial charge < -0.3 is 11.1 Å². The third-order valence-electron chi connectivity index (χ3n) is 2.97. The van der Waals surface area contributed by atoms with Crippen molar-refractivity contribution in [3.8, 4) is 0 Å². The van der Waals surface area contributed by atoms with Crippen LogP contribution in [-0.2, 0) is 0 Å². The summed E-state index contributed by atoms with van der Waals surface area (Å²) in [4.78, 5) is 0.190. The Morgan fingerprint density at radius 1 is 1.30 bits per heavy atom. The van der Waals surface area contributed by atoms with Gasteiger partial charge in [0.05, 0.1) is 5.69 Å². The molecule has 0 bridgehead atoms. The molecular weight excluding hydrogens is 339 g/mol. The lowest BCUT2D eigenvalue weighted by molar-refractivity contribution is 0.627. The summed E-state index contributed by atoms with van der Waals surface area (Å²) in [6, 6.07) is 12.6. The molecule has 1 unspecified atom stereocenters. The zero-order valence-electron chi connectivity index (χ0n) is 10.9. The molecule has 0 saturated heterocycles. The molecule has 20 heavy (non-hydrogen) atoms. The van der Waals surface area contributed by atoms with Crippen LogP contribution in [0.4, 0.5) is 10.1 Å². The van der Waals surface area contributed by atoms with Gasteiger partial charge in [-0.15, -0.1) is 0 Å². The molecule has 2 aromatic carbocycles. The number of nitrogens with one attached hydrogen (secondary N) is 1. The average molecular weight is 353 g/mol. The molecule has 3 N–H and O–H groups in total. The predicted octanol–water partition coefficient (Wildman–Crippen LogP) is 4.40. The number of hydrogen-bond donors (Lipinski definition) is 2. The van der Waals surface area contributed by atoms with Crippen LogP contribution >= 0.6 is 28.1 Å². The number of anilines is 1. The molecular formula is C15H14BrFN2S. The first-order chi connectivity index (χ1) is 9.47. The van der Waals surface area contributed by atoms with Gasteiger partial charge in [0, 0.05) is 16.1 Å². The molecule has 0 radical (unpaired) electrons. The minimum absolute atomic E-state index is 0.0160. The van der Waals surface area contributed by atoms with Crippen molar-refractivity contribution in [3.05, 3.63) is 63.9 Å². The van der Waals surface area contributed by atoms with Crippen LogP contribution in [0.3, 0.4) is 0 Å². The van der Waals surface area contributed by atoms with E-state index in [9.17, 15) is 4.39 Å². The minimum Gasteiger partial charge on any atom is -0.389 e.